The Bertz CT molecular complexity index is 889. The van der Waals surface area contributed by atoms with E-state index in [1.807, 2.05) is 6.07 Å². The number of ketones is 1. The minimum absolute atomic E-state index is 0.168. The summed E-state index contributed by atoms with van der Waals surface area (Å²) in [6.45, 7) is 9.77. The quantitative estimate of drug-likeness (QED) is 0.244. The predicted octanol–water partition coefficient (Wildman–Crippen LogP) is 5.19. The molecule has 0 aromatic heterocycles. The van der Waals surface area contributed by atoms with E-state index in [0.717, 1.165) is 43.4 Å². The summed E-state index contributed by atoms with van der Waals surface area (Å²) < 4.78 is 22.6. The topological polar surface area (TPSA) is 100 Å². The van der Waals surface area contributed by atoms with Crippen molar-refractivity contribution in [3.8, 4) is 11.5 Å². The Morgan fingerprint density at radius 1 is 1.08 bits per heavy atom. The molecule has 3 N–H and O–H groups in total. The van der Waals surface area contributed by atoms with Crippen molar-refractivity contribution < 1.29 is 28.8 Å². The Morgan fingerprint density at radius 2 is 1.85 bits per heavy atom. The number of fused-ring (bicyclic) bond motifs is 2. The predicted molar refractivity (Wildman–Crippen MR) is 154 cm³/mol. The van der Waals surface area contributed by atoms with E-state index in [0.29, 0.717) is 56.2 Å². The molecule has 0 amide bonds. The summed E-state index contributed by atoms with van der Waals surface area (Å²) in [4.78, 5) is 13.3. The first kappa shape index (κ1) is 31.9. The van der Waals surface area contributed by atoms with Gasteiger partial charge < -0.3 is 29.8 Å². The van der Waals surface area contributed by atoms with E-state index >= 15 is 0 Å². The number of benzene rings is 1. The number of carbonyl (C=O) groups excluding carboxylic acids is 1. The zero-order chi connectivity index (χ0) is 28.5. The highest BCUT2D eigenvalue weighted by molar-refractivity contribution is 5.81. The van der Waals surface area contributed by atoms with Gasteiger partial charge in [-0.2, -0.15) is 0 Å². The standard InChI is InChI=1S/C32H53NO6/c1-20(2)23(14-22-8-10-31(37-6)32(15-22)38-13-7-12-36-5)17-27(33)29(35)19-26(21(3)4)28(34)18-24-16-25-9-11-30(24)39-25/h8,10,15,20-21,23-27,29-30,35H,7,9,11-14,16-19,33H2,1-6H3/t23-,24?,25?,26-,27-,29-,30?/m0/s1. The molecule has 2 heterocycles. The second-order valence-corrected chi connectivity index (χ2v) is 12.5. The molecule has 1 aromatic rings. The molecule has 2 aliphatic rings. The first-order valence-electron chi connectivity index (χ1n) is 15.0. The summed E-state index contributed by atoms with van der Waals surface area (Å²) in [5.74, 6) is 2.70. The lowest BCUT2D eigenvalue weighted by molar-refractivity contribution is -0.126. The van der Waals surface area contributed by atoms with Crippen LogP contribution in [0.5, 0.6) is 11.5 Å². The van der Waals surface area contributed by atoms with Gasteiger partial charge in [-0.3, -0.25) is 4.79 Å². The molecule has 0 saturated carbocycles. The molecule has 1 aromatic carbocycles. The van der Waals surface area contributed by atoms with Crippen molar-refractivity contribution in [2.24, 2.45) is 35.3 Å². The van der Waals surface area contributed by atoms with Gasteiger partial charge in [-0.1, -0.05) is 33.8 Å². The van der Waals surface area contributed by atoms with E-state index in [-0.39, 0.29) is 35.7 Å². The maximum atomic E-state index is 13.3. The lowest BCUT2D eigenvalue weighted by Crippen LogP contribution is -2.41. The van der Waals surface area contributed by atoms with Gasteiger partial charge in [0.05, 0.1) is 32.0 Å². The summed E-state index contributed by atoms with van der Waals surface area (Å²) in [7, 11) is 3.33. The Kier molecular flexibility index (Phi) is 12.5. The summed E-state index contributed by atoms with van der Waals surface area (Å²) in [5.41, 5.74) is 7.76. The Hall–Kier alpha value is -1.67. The number of hydrogen-bond acceptors (Lipinski definition) is 7. The van der Waals surface area contributed by atoms with E-state index in [9.17, 15) is 9.90 Å². The average Bonchev–Trinajstić information content (AvgIpc) is 3.52. The molecule has 7 nitrogen and oxygen atoms in total. The van der Waals surface area contributed by atoms with Crippen molar-refractivity contribution in [1.82, 2.24) is 0 Å². The third-order valence-electron chi connectivity index (χ3n) is 8.90. The first-order chi connectivity index (χ1) is 18.6. The van der Waals surface area contributed by atoms with Crippen LogP contribution >= 0.6 is 0 Å². The Labute approximate surface area is 236 Å². The van der Waals surface area contributed by atoms with Crippen LogP contribution in [0.1, 0.15) is 78.2 Å². The molecule has 2 bridgehead atoms. The normalized spacial score (nSPS) is 23.7. The number of aliphatic hydroxyl groups is 1. The van der Waals surface area contributed by atoms with Crippen molar-refractivity contribution in [2.45, 2.75) is 103 Å². The van der Waals surface area contributed by atoms with E-state index in [1.54, 1.807) is 14.2 Å². The number of Topliss-reactive ketones (excluding diaryl/α,β-unsaturated/α-hetero) is 1. The van der Waals surface area contributed by atoms with Crippen LogP contribution in [0.2, 0.25) is 0 Å². The zero-order valence-corrected chi connectivity index (χ0v) is 25.1. The molecule has 3 rings (SSSR count). The molecule has 0 radical (unpaired) electrons. The number of rotatable bonds is 18. The zero-order valence-electron chi connectivity index (χ0n) is 25.1. The third-order valence-corrected chi connectivity index (χ3v) is 8.90. The highest BCUT2D eigenvalue weighted by atomic mass is 16.5. The van der Waals surface area contributed by atoms with Gasteiger partial charge >= 0.3 is 0 Å². The van der Waals surface area contributed by atoms with Gasteiger partial charge in [0.2, 0.25) is 0 Å². The molecule has 0 aliphatic carbocycles. The van der Waals surface area contributed by atoms with Crippen molar-refractivity contribution in [3.05, 3.63) is 23.8 Å². The van der Waals surface area contributed by atoms with Crippen LogP contribution in [0.15, 0.2) is 18.2 Å². The fraction of sp³-hybridized carbons (Fsp3) is 0.781. The number of nitrogens with two attached hydrogens (primary N) is 1. The van der Waals surface area contributed by atoms with Crippen LogP contribution in [0.3, 0.4) is 0 Å². The SMILES string of the molecule is COCCCOc1cc(C[C@@H](C[C@H](N)[C@@H](O)C[C@H](C(=O)CC2CC3CCC2O3)C(C)C)C(C)C)ccc1OC. The summed E-state index contributed by atoms with van der Waals surface area (Å²) in [6, 6.07) is 5.69. The summed E-state index contributed by atoms with van der Waals surface area (Å²) in [6.07, 6.45) is 6.41. The minimum atomic E-state index is -0.713. The molecule has 3 unspecified atom stereocenters. The molecule has 2 aliphatic heterocycles. The van der Waals surface area contributed by atoms with Crippen molar-refractivity contribution >= 4 is 5.78 Å². The number of carbonyl (C=O) groups is 1. The molecule has 0 spiro atoms. The summed E-state index contributed by atoms with van der Waals surface area (Å²) >= 11 is 0. The maximum absolute atomic E-state index is 13.3. The smallest absolute Gasteiger partial charge is 0.161 e. The molecule has 222 valence electrons. The van der Waals surface area contributed by atoms with Gasteiger partial charge in [0, 0.05) is 38.5 Å². The van der Waals surface area contributed by atoms with Crippen LogP contribution in [0.4, 0.5) is 0 Å². The Morgan fingerprint density at radius 3 is 2.44 bits per heavy atom. The van der Waals surface area contributed by atoms with Crippen LogP contribution in [0, 0.1) is 29.6 Å². The van der Waals surface area contributed by atoms with Crippen LogP contribution in [-0.2, 0) is 20.7 Å². The lowest BCUT2D eigenvalue weighted by Gasteiger charge is -2.30. The fourth-order valence-electron chi connectivity index (χ4n) is 6.32. The number of hydrogen-bond donors (Lipinski definition) is 2. The van der Waals surface area contributed by atoms with Gasteiger partial charge in [-0.05, 0) is 79.9 Å². The van der Waals surface area contributed by atoms with Crippen LogP contribution in [-0.4, -0.2) is 62.7 Å². The monoisotopic (exact) mass is 547 g/mol. The maximum Gasteiger partial charge on any atom is 0.161 e. The van der Waals surface area contributed by atoms with Gasteiger partial charge in [0.1, 0.15) is 5.78 Å². The van der Waals surface area contributed by atoms with Crippen molar-refractivity contribution in [2.75, 3.05) is 27.4 Å². The third kappa shape index (κ3) is 9.17. The molecular formula is C32H53NO6. The largest absolute Gasteiger partial charge is 0.493 e. The average molecular weight is 548 g/mol. The lowest BCUT2D eigenvalue weighted by atomic mass is 9.77. The molecular weight excluding hydrogens is 494 g/mol. The Balaban J connectivity index is 1.58. The van der Waals surface area contributed by atoms with Crippen LogP contribution in [0.25, 0.3) is 0 Å². The van der Waals surface area contributed by atoms with E-state index in [1.165, 1.54) is 0 Å². The first-order valence-corrected chi connectivity index (χ1v) is 15.0. The second kappa shape index (κ2) is 15.4. The van der Waals surface area contributed by atoms with E-state index in [2.05, 4.69) is 39.8 Å². The van der Waals surface area contributed by atoms with Crippen molar-refractivity contribution in [3.63, 3.8) is 0 Å². The molecule has 7 heteroatoms. The molecule has 7 atom stereocenters. The number of ether oxygens (including phenoxy) is 4. The van der Waals surface area contributed by atoms with Crippen molar-refractivity contribution in [1.29, 1.82) is 0 Å². The van der Waals surface area contributed by atoms with Gasteiger partial charge in [0.15, 0.2) is 11.5 Å². The number of methoxy groups -OCH3 is 2. The molecule has 2 fully saturated rings. The minimum Gasteiger partial charge on any atom is -0.493 e. The highest BCUT2D eigenvalue weighted by Gasteiger charge is 2.42. The van der Waals surface area contributed by atoms with Gasteiger partial charge in [-0.25, -0.2) is 0 Å². The van der Waals surface area contributed by atoms with E-state index < -0.39 is 6.10 Å². The summed E-state index contributed by atoms with van der Waals surface area (Å²) in [5, 5.41) is 11.2. The molecule has 2 saturated heterocycles. The molecule has 39 heavy (non-hydrogen) atoms. The van der Waals surface area contributed by atoms with E-state index in [4.69, 9.17) is 24.7 Å². The fourth-order valence-corrected chi connectivity index (χ4v) is 6.32. The van der Waals surface area contributed by atoms with Gasteiger partial charge in [-0.15, -0.1) is 0 Å². The van der Waals surface area contributed by atoms with Gasteiger partial charge in [0.25, 0.3) is 0 Å². The second-order valence-electron chi connectivity index (χ2n) is 12.5. The highest BCUT2D eigenvalue weighted by Crippen LogP contribution is 2.41. The van der Waals surface area contributed by atoms with Crippen LogP contribution < -0.4 is 15.2 Å². The number of aliphatic hydroxyl groups excluding tert-OH is 1.